The summed E-state index contributed by atoms with van der Waals surface area (Å²) in [4.78, 5) is 23.7. The van der Waals surface area contributed by atoms with Gasteiger partial charge in [-0.25, -0.2) is 4.79 Å². The SMILES string of the molecule is CC(C)=C(C(=O)OBr)N1C(=O)CC1Cl. The van der Waals surface area contributed by atoms with Crippen molar-refractivity contribution in [2.24, 2.45) is 0 Å². The third-order valence-electron chi connectivity index (χ3n) is 1.87. The van der Waals surface area contributed by atoms with Crippen LogP contribution in [0, 0.1) is 0 Å². The average Bonchev–Trinajstić information content (AvgIpc) is 2.12. The van der Waals surface area contributed by atoms with Crippen LogP contribution < -0.4 is 0 Å². The molecule has 4 nitrogen and oxygen atoms in total. The number of allylic oxidation sites excluding steroid dienone is 1. The van der Waals surface area contributed by atoms with E-state index >= 15 is 0 Å². The van der Waals surface area contributed by atoms with Crippen LogP contribution in [0.3, 0.4) is 0 Å². The van der Waals surface area contributed by atoms with Gasteiger partial charge in [-0.1, -0.05) is 11.6 Å². The van der Waals surface area contributed by atoms with Gasteiger partial charge in [-0.3, -0.25) is 9.69 Å². The molecule has 0 aliphatic carbocycles. The summed E-state index contributed by atoms with van der Waals surface area (Å²) in [5.41, 5.74) is 0.449. The Bertz CT molecular complexity index is 312. The fourth-order valence-corrected chi connectivity index (χ4v) is 1.71. The average molecular weight is 283 g/mol. The highest BCUT2D eigenvalue weighted by molar-refractivity contribution is 9.06. The Hall–Kier alpha value is -0.550. The third kappa shape index (κ3) is 1.93. The van der Waals surface area contributed by atoms with Gasteiger partial charge in [0.05, 0.1) is 6.42 Å². The molecule has 1 atom stereocenters. The number of halogens is 2. The standard InChI is InChI=1S/C8H9BrClNO3/c1-4(2)7(8(13)14-9)11-5(10)3-6(11)12/h5H,3H2,1-2H3. The van der Waals surface area contributed by atoms with Crippen LogP contribution in [0.2, 0.25) is 0 Å². The Morgan fingerprint density at radius 1 is 1.64 bits per heavy atom. The number of rotatable bonds is 2. The molecule has 1 heterocycles. The first kappa shape index (κ1) is 11.5. The van der Waals surface area contributed by atoms with Gasteiger partial charge in [-0.15, -0.1) is 0 Å². The van der Waals surface area contributed by atoms with Gasteiger partial charge in [0.1, 0.15) is 11.2 Å². The first-order chi connectivity index (χ1) is 6.49. The molecule has 1 amide bonds. The van der Waals surface area contributed by atoms with E-state index in [1.54, 1.807) is 13.8 Å². The number of likely N-dealkylation sites (tertiary alicyclic amines) is 1. The normalized spacial score (nSPS) is 20.1. The van der Waals surface area contributed by atoms with Gasteiger partial charge < -0.3 is 3.83 Å². The number of amides is 1. The molecule has 1 rings (SSSR count). The zero-order valence-corrected chi connectivity index (χ0v) is 10.1. The maximum absolute atomic E-state index is 11.3. The van der Waals surface area contributed by atoms with Crippen molar-refractivity contribution in [2.45, 2.75) is 25.8 Å². The molecule has 14 heavy (non-hydrogen) atoms. The first-order valence-electron chi connectivity index (χ1n) is 3.95. The quantitative estimate of drug-likeness (QED) is 0.336. The monoisotopic (exact) mass is 281 g/mol. The number of carbonyl (C=O) groups excluding carboxylic acids is 2. The van der Waals surface area contributed by atoms with E-state index in [4.69, 9.17) is 11.6 Å². The molecule has 0 radical (unpaired) electrons. The fraction of sp³-hybridized carbons (Fsp3) is 0.500. The van der Waals surface area contributed by atoms with Crippen molar-refractivity contribution in [3.63, 3.8) is 0 Å². The summed E-state index contributed by atoms with van der Waals surface area (Å²) in [5.74, 6) is -0.775. The van der Waals surface area contributed by atoms with Crippen LogP contribution in [0.4, 0.5) is 0 Å². The van der Waals surface area contributed by atoms with Crippen molar-refractivity contribution in [3.05, 3.63) is 11.3 Å². The van der Waals surface area contributed by atoms with Crippen LogP contribution in [-0.2, 0) is 13.4 Å². The number of carbonyl (C=O) groups is 2. The van der Waals surface area contributed by atoms with Crippen LogP contribution in [0.15, 0.2) is 11.3 Å². The predicted molar refractivity (Wildman–Crippen MR) is 54.5 cm³/mol. The molecule has 0 saturated carbocycles. The van der Waals surface area contributed by atoms with E-state index in [-0.39, 0.29) is 18.0 Å². The molecule has 1 unspecified atom stereocenters. The number of alkyl halides is 1. The summed E-state index contributed by atoms with van der Waals surface area (Å²) in [5, 5.41) is 0. The molecule has 1 fully saturated rings. The molecule has 78 valence electrons. The van der Waals surface area contributed by atoms with Gasteiger partial charge >= 0.3 is 5.97 Å². The van der Waals surface area contributed by atoms with Crippen molar-refractivity contribution in [2.75, 3.05) is 0 Å². The number of nitrogens with zero attached hydrogens (tertiary/aromatic N) is 1. The summed E-state index contributed by atoms with van der Waals surface area (Å²) in [7, 11) is 0. The summed E-state index contributed by atoms with van der Waals surface area (Å²) in [6, 6.07) is 0. The Morgan fingerprint density at radius 2 is 2.21 bits per heavy atom. The van der Waals surface area contributed by atoms with Crippen LogP contribution in [0.5, 0.6) is 0 Å². The Kier molecular flexibility index (Phi) is 3.55. The topological polar surface area (TPSA) is 46.6 Å². The van der Waals surface area contributed by atoms with Crippen molar-refractivity contribution in [3.8, 4) is 0 Å². The smallest absolute Gasteiger partial charge is 0.366 e. The van der Waals surface area contributed by atoms with Crippen LogP contribution >= 0.6 is 27.9 Å². The zero-order chi connectivity index (χ0) is 10.9. The van der Waals surface area contributed by atoms with Crippen molar-refractivity contribution >= 4 is 39.7 Å². The summed E-state index contributed by atoms with van der Waals surface area (Å²) < 4.78 is 4.39. The van der Waals surface area contributed by atoms with E-state index in [1.807, 2.05) is 0 Å². The minimum atomic E-state index is -0.608. The van der Waals surface area contributed by atoms with Crippen molar-refractivity contribution in [1.29, 1.82) is 0 Å². The molecule has 1 aliphatic rings. The molecule has 0 spiro atoms. The van der Waals surface area contributed by atoms with E-state index in [9.17, 15) is 9.59 Å². The number of hydrogen-bond acceptors (Lipinski definition) is 3. The van der Waals surface area contributed by atoms with Crippen molar-refractivity contribution < 1.29 is 13.4 Å². The highest BCUT2D eigenvalue weighted by Crippen LogP contribution is 2.30. The third-order valence-corrected chi connectivity index (χ3v) is 2.51. The predicted octanol–water partition coefficient (Wildman–Crippen LogP) is 1.93. The summed E-state index contributed by atoms with van der Waals surface area (Å²) in [6.45, 7) is 3.43. The molecule has 0 N–H and O–H groups in total. The lowest BCUT2D eigenvalue weighted by Crippen LogP contribution is -2.50. The van der Waals surface area contributed by atoms with Gasteiger partial charge in [-0.2, -0.15) is 0 Å². The minimum Gasteiger partial charge on any atom is -0.379 e. The van der Waals surface area contributed by atoms with E-state index in [0.717, 1.165) is 0 Å². The van der Waals surface area contributed by atoms with Crippen LogP contribution in [0.25, 0.3) is 0 Å². The van der Waals surface area contributed by atoms with E-state index in [1.165, 1.54) is 4.90 Å². The van der Waals surface area contributed by atoms with Gasteiger partial charge in [0.2, 0.25) is 5.91 Å². The summed E-state index contributed by atoms with van der Waals surface area (Å²) in [6.07, 6.45) is 0.258. The Balaban J connectivity index is 2.96. The molecule has 0 aromatic heterocycles. The second kappa shape index (κ2) is 4.31. The molecule has 1 aliphatic heterocycles. The van der Waals surface area contributed by atoms with Crippen LogP contribution in [0.1, 0.15) is 20.3 Å². The summed E-state index contributed by atoms with van der Waals surface area (Å²) >= 11 is 8.38. The van der Waals surface area contributed by atoms with E-state index < -0.39 is 11.5 Å². The Labute approximate surface area is 95.3 Å². The lowest BCUT2D eigenvalue weighted by atomic mass is 10.1. The Morgan fingerprint density at radius 3 is 2.50 bits per heavy atom. The minimum absolute atomic E-state index is 0.167. The molecule has 0 aromatic carbocycles. The second-order valence-corrected chi connectivity index (χ2v) is 3.94. The fourth-order valence-electron chi connectivity index (χ4n) is 1.22. The zero-order valence-electron chi connectivity index (χ0n) is 7.71. The number of hydrogen-bond donors (Lipinski definition) is 0. The maximum Gasteiger partial charge on any atom is 0.366 e. The molecule has 0 aromatic rings. The van der Waals surface area contributed by atoms with Gasteiger partial charge in [0, 0.05) is 0 Å². The molecule has 1 saturated heterocycles. The molecular formula is C8H9BrClNO3. The van der Waals surface area contributed by atoms with E-state index in [0.29, 0.717) is 5.57 Å². The van der Waals surface area contributed by atoms with Gasteiger partial charge in [0.25, 0.3) is 0 Å². The number of β-lactam (4-membered cyclic amide) rings is 1. The largest absolute Gasteiger partial charge is 0.379 e. The highest BCUT2D eigenvalue weighted by atomic mass is 79.9. The lowest BCUT2D eigenvalue weighted by molar-refractivity contribution is -0.144. The van der Waals surface area contributed by atoms with Crippen LogP contribution in [-0.4, -0.2) is 22.3 Å². The van der Waals surface area contributed by atoms with Gasteiger partial charge in [-0.05, 0) is 19.4 Å². The molecule has 0 bridgehead atoms. The maximum atomic E-state index is 11.3. The molecule has 6 heteroatoms. The van der Waals surface area contributed by atoms with Gasteiger partial charge in [0.15, 0.2) is 16.3 Å². The van der Waals surface area contributed by atoms with Crippen molar-refractivity contribution in [1.82, 2.24) is 4.90 Å². The van der Waals surface area contributed by atoms with E-state index in [2.05, 4.69) is 20.1 Å². The molecular weight excluding hydrogens is 273 g/mol. The first-order valence-corrected chi connectivity index (χ1v) is 5.04. The lowest BCUT2D eigenvalue weighted by Gasteiger charge is -2.37. The second-order valence-electron chi connectivity index (χ2n) is 3.12. The highest BCUT2D eigenvalue weighted by Gasteiger charge is 2.40.